The van der Waals surface area contributed by atoms with Crippen LogP contribution in [0.1, 0.15) is 99.9 Å². The molecule has 0 N–H and O–H groups in total. The summed E-state index contributed by atoms with van der Waals surface area (Å²) in [5.41, 5.74) is 0.263. The molecule has 0 aromatic heterocycles. The van der Waals surface area contributed by atoms with Gasteiger partial charge >= 0.3 is 5.97 Å². The van der Waals surface area contributed by atoms with Crippen LogP contribution in [-0.4, -0.2) is 12.6 Å². The molecule has 0 spiro atoms. The minimum Gasteiger partial charge on any atom is -0.494 e. The highest BCUT2D eigenvalue weighted by molar-refractivity contribution is 5.91. The van der Waals surface area contributed by atoms with E-state index in [1.807, 2.05) is 0 Å². The molecular formula is C30H38FNO3. The van der Waals surface area contributed by atoms with Gasteiger partial charge in [0.25, 0.3) is 0 Å². The fourth-order valence-corrected chi connectivity index (χ4v) is 5.09. The van der Waals surface area contributed by atoms with Gasteiger partial charge in [-0.05, 0) is 61.1 Å². The molecule has 1 aliphatic rings. The van der Waals surface area contributed by atoms with Gasteiger partial charge in [-0.25, -0.2) is 9.18 Å². The molecule has 0 heterocycles. The number of nitriles is 1. The summed E-state index contributed by atoms with van der Waals surface area (Å²) in [6.07, 6.45) is 16.0. The number of ether oxygens (including phenoxy) is 2. The first-order valence-electron chi connectivity index (χ1n) is 13.3. The van der Waals surface area contributed by atoms with Crippen molar-refractivity contribution in [2.75, 3.05) is 6.61 Å². The maximum absolute atomic E-state index is 13.7. The van der Waals surface area contributed by atoms with E-state index in [-0.39, 0.29) is 11.3 Å². The number of carbonyl (C=O) groups is 1. The number of halogens is 1. The smallest absolute Gasteiger partial charge is 0.343 e. The van der Waals surface area contributed by atoms with Crippen molar-refractivity contribution in [1.82, 2.24) is 0 Å². The lowest BCUT2D eigenvalue weighted by molar-refractivity contribution is 0.0734. The summed E-state index contributed by atoms with van der Waals surface area (Å²) in [6.45, 7) is 2.94. The summed E-state index contributed by atoms with van der Waals surface area (Å²) in [5.74, 6) is 1.21. The number of unbranched alkanes of at least 4 members (excludes halogenated alkanes) is 4. The largest absolute Gasteiger partial charge is 0.494 e. The fourth-order valence-electron chi connectivity index (χ4n) is 5.09. The molecule has 0 aliphatic heterocycles. The van der Waals surface area contributed by atoms with Crippen LogP contribution >= 0.6 is 0 Å². The van der Waals surface area contributed by atoms with Crippen molar-refractivity contribution in [1.29, 1.82) is 5.26 Å². The van der Waals surface area contributed by atoms with Crippen LogP contribution in [0, 0.1) is 29.0 Å². The van der Waals surface area contributed by atoms with Gasteiger partial charge in [-0.3, -0.25) is 0 Å². The van der Waals surface area contributed by atoms with E-state index in [0.29, 0.717) is 12.2 Å². The molecule has 0 amide bonds. The van der Waals surface area contributed by atoms with Crippen molar-refractivity contribution in [3.8, 4) is 17.6 Å². The van der Waals surface area contributed by atoms with E-state index < -0.39 is 11.8 Å². The zero-order chi connectivity index (χ0) is 24.9. The highest BCUT2D eigenvalue weighted by Crippen LogP contribution is 2.36. The summed E-state index contributed by atoms with van der Waals surface area (Å²) in [4.78, 5) is 12.3. The molecular weight excluding hydrogens is 441 g/mol. The lowest BCUT2D eigenvalue weighted by Crippen LogP contribution is -2.20. The Kier molecular flexibility index (Phi) is 11.1. The standard InChI is InChI=1S/C30H38FNO3/c1-2-3-4-5-6-10-23-11-7-8-12-24(23)13-9-20-34-27-17-14-25(15-18-27)30(33)35-28-19-16-26(22-32)29(31)21-28/h14-19,21,23-24H,2-13,20H2,1H3. The first-order chi connectivity index (χ1) is 17.1. The monoisotopic (exact) mass is 479 g/mol. The molecule has 3 rings (SSSR count). The Labute approximate surface area is 209 Å². The average Bonchev–Trinajstić information content (AvgIpc) is 2.87. The topological polar surface area (TPSA) is 59.3 Å². The highest BCUT2D eigenvalue weighted by Gasteiger charge is 2.24. The first kappa shape index (κ1) is 26.7. The third kappa shape index (κ3) is 8.69. The maximum atomic E-state index is 13.7. The number of hydrogen-bond acceptors (Lipinski definition) is 4. The molecule has 1 aliphatic carbocycles. The Morgan fingerprint density at radius 1 is 0.943 bits per heavy atom. The SMILES string of the molecule is CCCCCCCC1CCCCC1CCCOc1ccc(C(=O)Oc2ccc(C#N)c(F)c2)cc1. The minimum absolute atomic E-state index is 0.0637. The molecule has 2 unspecified atom stereocenters. The minimum atomic E-state index is -0.715. The molecule has 2 atom stereocenters. The van der Waals surface area contributed by atoms with Crippen LogP contribution in [0.3, 0.4) is 0 Å². The number of rotatable bonds is 13. The van der Waals surface area contributed by atoms with Crippen molar-refractivity contribution in [2.45, 2.75) is 84.0 Å². The Bertz CT molecular complexity index is 967. The van der Waals surface area contributed by atoms with E-state index in [1.54, 1.807) is 30.3 Å². The first-order valence-corrected chi connectivity index (χ1v) is 13.3. The summed E-state index contributed by atoms with van der Waals surface area (Å²) in [7, 11) is 0. The van der Waals surface area contributed by atoms with Crippen LogP contribution in [0.4, 0.5) is 4.39 Å². The Hall–Kier alpha value is -2.87. The normalized spacial score (nSPS) is 17.5. The van der Waals surface area contributed by atoms with Gasteiger partial charge in [0.1, 0.15) is 23.4 Å². The highest BCUT2D eigenvalue weighted by atomic mass is 19.1. The predicted octanol–water partition coefficient (Wildman–Crippen LogP) is 8.24. The second kappa shape index (κ2) is 14.5. The second-order valence-electron chi connectivity index (χ2n) is 9.67. The molecule has 2 aromatic carbocycles. The van der Waals surface area contributed by atoms with Crippen LogP contribution < -0.4 is 9.47 Å². The zero-order valence-electron chi connectivity index (χ0n) is 20.9. The van der Waals surface area contributed by atoms with E-state index in [9.17, 15) is 9.18 Å². The molecule has 0 radical (unpaired) electrons. The Morgan fingerprint density at radius 2 is 1.60 bits per heavy atom. The Balaban J connectivity index is 1.39. The maximum Gasteiger partial charge on any atom is 0.343 e. The van der Waals surface area contributed by atoms with Gasteiger partial charge in [0.05, 0.1) is 17.7 Å². The van der Waals surface area contributed by atoms with Crippen molar-refractivity contribution in [2.24, 2.45) is 11.8 Å². The van der Waals surface area contributed by atoms with Crippen molar-refractivity contribution in [3.05, 3.63) is 59.4 Å². The zero-order valence-corrected chi connectivity index (χ0v) is 20.9. The number of hydrogen-bond donors (Lipinski definition) is 0. The van der Waals surface area contributed by atoms with Gasteiger partial charge < -0.3 is 9.47 Å². The quantitative estimate of drug-likeness (QED) is 0.165. The van der Waals surface area contributed by atoms with E-state index in [0.717, 1.165) is 30.1 Å². The molecule has 5 heteroatoms. The van der Waals surface area contributed by atoms with E-state index in [4.69, 9.17) is 14.7 Å². The van der Waals surface area contributed by atoms with E-state index in [2.05, 4.69) is 6.92 Å². The number of benzene rings is 2. The molecule has 2 aromatic rings. The summed E-state index contributed by atoms with van der Waals surface area (Å²) in [5, 5.41) is 8.80. The summed E-state index contributed by atoms with van der Waals surface area (Å²) in [6, 6.07) is 12.3. The molecule has 0 bridgehead atoms. The van der Waals surface area contributed by atoms with Gasteiger partial charge in [0, 0.05) is 6.07 Å². The summed E-state index contributed by atoms with van der Waals surface area (Å²) < 4.78 is 24.8. The van der Waals surface area contributed by atoms with E-state index >= 15 is 0 Å². The predicted molar refractivity (Wildman–Crippen MR) is 136 cm³/mol. The van der Waals surface area contributed by atoms with Gasteiger partial charge in [-0.2, -0.15) is 5.26 Å². The van der Waals surface area contributed by atoms with Crippen molar-refractivity contribution in [3.63, 3.8) is 0 Å². The number of carbonyl (C=O) groups excluding carboxylic acids is 1. The third-order valence-corrected chi connectivity index (χ3v) is 7.09. The molecule has 4 nitrogen and oxygen atoms in total. The molecule has 1 fully saturated rings. The third-order valence-electron chi connectivity index (χ3n) is 7.09. The van der Waals surface area contributed by atoms with Gasteiger partial charge in [0.2, 0.25) is 0 Å². The van der Waals surface area contributed by atoms with Crippen LogP contribution in [0.5, 0.6) is 11.5 Å². The lowest BCUT2D eigenvalue weighted by atomic mass is 9.74. The van der Waals surface area contributed by atoms with E-state index in [1.165, 1.54) is 82.8 Å². The number of nitrogens with zero attached hydrogens (tertiary/aromatic N) is 1. The summed E-state index contributed by atoms with van der Waals surface area (Å²) >= 11 is 0. The molecule has 188 valence electrons. The Morgan fingerprint density at radius 3 is 2.26 bits per heavy atom. The molecule has 0 saturated heterocycles. The van der Waals surface area contributed by atoms with Gasteiger partial charge in [-0.1, -0.05) is 71.1 Å². The lowest BCUT2D eigenvalue weighted by Gasteiger charge is -2.31. The van der Waals surface area contributed by atoms with Crippen molar-refractivity contribution < 1.29 is 18.7 Å². The second-order valence-corrected chi connectivity index (χ2v) is 9.67. The van der Waals surface area contributed by atoms with Crippen molar-refractivity contribution >= 4 is 5.97 Å². The van der Waals surface area contributed by atoms with Crippen LogP contribution in [0.15, 0.2) is 42.5 Å². The molecule has 1 saturated carbocycles. The van der Waals surface area contributed by atoms with Crippen LogP contribution in [-0.2, 0) is 0 Å². The van der Waals surface area contributed by atoms with Crippen LogP contribution in [0.2, 0.25) is 0 Å². The van der Waals surface area contributed by atoms with Gasteiger partial charge in [-0.15, -0.1) is 0 Å². The number of esters is 1. The fraction of sp³-hybridized carbons (Fsp3) is 0.533. The van der Waals surface area contributed by atoms with Gasteiger partial charge in [0.15, 0.2) is 0 Å². The van der Waals surface area contributed by atoms with Crippen LogP contribution in [0.25, 0.3) is 0 Å². The molecule has 35 heavy (non-hydrogen) atoms. The average molecular weight is 480 g/mol.